The average molecular weight is 436 g/mol. The van der Waals surface area contributed by atoms with Gasteiger partial charge in [0.2, 0.25) is 10.0 Å². The van der Waals surface area contributed by atoms with Crippen LogP contribution in [0.1, 0.15) is 55.4 Å². The monoisotopic (exact) mass is 435 g/mol. The highest BCUT2D eigenvalue weighted by molar-refractivity contribution is 7.88. The first-order valence-electron chi connectivity index (χ1n) is 9.85. The van der Waals surface area contributed by atoms with Crippen LogP contribution in [0.5, 0.6) is 0 Å². The third-order valence-corrected chi connectivity index (χ3v) is 5.58. The van der Waals surface area contributed by atoms with E-state index in [-0.39, 0.29) is 32.2 Å². The molecule has 0 aromatic heterocycles. The summed E-state index contributed by atoms with van der Waals surface area (Å²) in [6.07, 6.45) is 0.129. The van der Waals surface area contributed by atoms with Gasteiger partial charge in [0.15, 0.2) is 0 Å². The molecular formula is C19H37N3O6S. The number of piperazine rings is 1. The fourth-order valence-electron chi connectivity index (χ4n) is 3.00. The van der Waals surface area contributed by atoms with Gasteiger partial charge in [0.05, 0.1) is 12.3 Å². The Balaban J connectivity index is 3.11. The molecule has 1 rings (SSSR count). The Labute approximate surface area is 175 Å². The molecule has 170 valence electrons. The summed E-state index contributed by atoms with van der Waals surface area (Å²) in [6, 6.07) is -0.842. The molecule has 0 aromatic carbocycles. The van der Waals surface area contributed by atoms with E-state index < -0.39 is 39.5 Å². The van der Waals surface area contributed by atoms with Crippen LogP contribution < -0.4 is 0 Å². The van der Waals surface area contributed by atoms with Gasteiger partial charge in [-0.3, -0.25) is 0 Å². The van der Waals surface area contributed by atoms with E-state index in [0.29, 0.717) is 0 Å². The van der Waals surface area contributed by atoms with Crippen molar-refractivity contribution in [2.45, 2.75) is 78.7 Å². The van der Waals surface area contributed by atoms with E-state index in [1.807, 2.05) is 0 Å². The molecule has 1 aliphatic heterocycles. The zero-order valence-electron chi connectivity index (χ0n) is 19.2. The summed E-state index contributed by atoms with van der Waals surface area (Å²) in [5.74, 6) is 0. The molecule has 0 N–H and O–H groups in total. The number of ether oxygens (including phenoxy) is 2. The molecule has 10 heteroatoms. The summed E-state index contributed by atoms with van der Waals surface area (Å²) in [7, 11) is -3.49. The first-order valence-corrected chi connectivity index (χ1v) is 11.7. The van der Waals surface area contributed by atoms with Crippen molar-refractivity contribution in [3.8, 4) is 0 Å². The molecule has 29 heavy (non-hydrogen) atoms. The largest absolute Gasteiger partial charge is 0.444 e. The number of carbonyl (C=O) groups is 2. The van der Waals surface area contributed by atoms with Gasteiger partial charge in [0.25, 0.3) is 0 Å². The summed E-state index contributed by atoms with van der Waals surface area (Å²) in [6.45, 7) is 14.9. The molecule has 1 aliphatic rings. The van der Waals surface area contributed by atoms with Crippen LogP contribution in [0.3, 0.4) is 0 Å². The lowest BCUT2D eigenvalue weighted by Crippen LogP contribution is -2.61. The quantitative estimate of drug-likeness (QED) is 0.673. The minimum absolute atomic E-state index is 0.0645. The highest BCUT2D eigenvalue weighted by Crippen LogP contribution is 2.20. The molecule has 0 aliphatic carbocycles. The minimum atomic E-state index is -3.49. The lowest BCUT2D eigenvalue weighted by Gasteiger charge is -2.43. The van der Waals surface area contributed by atoms with Gasteiger partial charge in [-0.25, -0.2) is 18.0 Å². The molecule has 0 radical (unpaired) electrons. The van der Waals surface area contributed by atoms with Crippen molar-refractivity contribution in [1.29, 1.82) is 0 Å². The van der Waals surface area contributed by atoms with Crippen molar-refractivity contribution in [2.24, 2.45) is 0 Å². The van der Waals surface area contributed by atoms with Crippen LogP contribution in [0, 0.1) is 0 Å². The van der Waals surface area contributed by atoms with Crippen LogP contribution in [-0.4, -0.2) is 90.4 Å². The Bertz CT molecular complexity index is 694. The predicted molar refractivity (Wildman–Crippen MR) is 111 cm³/mol. The van der Waals surface area contributed by atoms with E-state index in [0.717, 1.165) is 6.26 Å². The molecule has 0 bridgehead atoms. The zero-order valence-corrected chi connectivity index (χ0v) is 20.0. The zero-order chi connectivity index (χ0) is 22.8. The third-order valence-electron chi connectivity index (χ3n) is 4.16. The molecule has 1 saturated heterocycles. The van der Waals surface area contributed by atoms with Gasteiger partial charge in [-0.05, 0) is 55.4 Å². The van der Waals surface area contributed by atoms with E-state index in [1.54, 1.807) is 55.4 Å². The van der Waals surface area contributed by atoms with Crippen LogP contribution in [0.2, 0.25) is 0 Å². The molecule has 1 atom stereocenters. The molecule has 0 saturated carbocycles. The van der Waals surface area contributed by atoms with Crippen molar-refractivity contribution in [2.75, 3.05) is 32.4 Å². The maximum absolute atomic E-state index is 12.7. The number of amides is 2. The van der Waals surface area contributed by atoms with Crippen molar-refractivity contribution < 1.29 is 27.5 Å². The lowest BCUT2D eigenvalue weighted by atomic mass is 10.1. The third kappa shape index (κ3) is 8.38. The number of hydrogen-bond acceptors (Lipinski definition) is 6. The van der Waals surface area contributed by atoms with E-state index >= 15 is 0 Å². The van der Waals surface area contributed by atoms with Crippen LogP contribution in [0.4, 0.5) is 9.59 Å². The Kier molecular flexibility index (Phi) is 7.98. The Hall–Kier alpha value is -1.55. The predicted octanol–water partition coefficient (Wildman–Crippen LogP) is 2.51. The van der Waals surface area contributed by atoms with E-state index in [9.17, 15) is 18.0 Å². The van der Waals surface area contributed by atoms with Gasteiger partial charge < -0.3 is 19.3 Å². The van der Waals surface area contributed by atoms with Gasteiger partial charge in [-0.2, -0.15) is 4.31 Å². The van der Waals surface area contributed by atoms with Gasteiger partial charge in [-0.1, -0.05) is 0 Å². The first kappa shape index (κ1) is 25.5. The summed E-state index contributed by atoms with van der Waals surface area (Å²) in [5, 5.41) is 0. The standard InChI is InChI=1S/C19H37N3O6S/c1-14(2)22(29(9,25)26)13-15-12-20(16(23)27-18(3,4)5)10-11-21(15)17(24)28-19(6,7)8/h14-15H,10-13H2,1-9H3. The molecule has 1 heterocycles. The molecular weight excluding hydrogens is 398 g/mol. The summed E-state index contributed by atoms with van der Waals surface area (Å²) >= 11 is 0. The topological polar surface area (TPSA) is 96.5 Å². The average Bonchev–Trinajstić information content (AvgIpc) is 2.47. The molecule has 9 nitrogen and oxygen atoms in total. The smallest absolute Gasteiger partial charge is 0.410 e. The number of sulfonamides is 1. The minimum Gasteiger partial charge on any atom is -0.444 e. The second-order valence-corrected chi connectivity index (χ2v) is 11.6. The van der Waals surface area contributed by atoms with Crippen molar-refractivity contribution in [3.63, 3.8) is 0 Å². The molecule has 0 spiro atoms. The normalized spacial score (nSPS) is 18.9. The van der Waals surface area contributed by atoms with E-state index in [2.05, 4.69) is 0 Å². The fourth-order valence-corrected chi connectivity index (χ4v) is 4.21. The van der Waals surface area contributed by atoms with Crippen LogP contribution in [0.15, 0.2) is 0 Å². The van der Waals surface area contributed by atoms with Crippen LogP contribution in [-0.2, 0) is 19.5 Å². The highest BCUT2D eigenvalue weighted by atomic mass is 32.2. The lowest BCUT2D eigenvalue weighted by molar-refractivity contribution is -0.0174. The molecule has 1 fully saturated rings. The number of hydrogen-bond donors (Lipinski definition) is 0. The molecule has 1 unspecified atom stereocenters. The fraction of sp³-hybridized carbons (Fsp3) is 0.895. The maximum atomic E-state index is 12.7. The maximum Gasteiger partial charge on any atom is 0.410 e. The summed E-state index contributed by atoms with van der Waals surface area (Å²) < 4.78 is 36.7. The van der Waals surface area contributed by atoms with Gasteiger partial charge in [0, 0.05) is 32.2 Å². The second kappa shape index (κ2) is 9.07. The number of rotatable bonds is 4. The van der Waals surface area contributed by atoms with E-state index in [4.69, 9.17) is 9.47 Å². The SMILES string of the molecule is CC(C)N(CC1CN(C(=O)OC(C)(C)C)CCN1C(=O)OC(C)(C)C)S(C)(=O)=O. The number of nitrogens with zero attached hydrogens (tertiary/aromatic N) is 3. The van der Waals surface area contributed by atoms with Crippen molar-refractivity contribution >= 4 is 22.2 Å². The Morgan fingerprint density at radius 1 is 1.00 bits per heavy atom. The van der Waals surface area contributed by atoms with Crippen molar-refractivity contribution in [3.05, 3.63) is 0 Å². The van der Waals surface area contributed by atoms with Crippen molar-refractivity contribution in [1.82, 2.24) is 14.1 Å². The second-order valence-electron chi connectivity index (χ2n) is 9.68. The first-order chi connectivity index (χ1) is 12.9. The molecule has 2 amide bonds. The van der Waals surface area contributed by atoms with Gasteiger partial charge in [-0.15, -0.1) is 0 Å². The van der Waals surface area contributed by atoms with Gasteiger partial charge >= 0.3 is 12.2 Å². The highest BCUT2D eigenvalue weighted by Gasteiger charge is 2.38. The van der Waals surface area contributed by atoms with E-state index in [1.165, 1.54) is 14.1 Å². The Morgan fingerprint density at radius 2 is 1.48 bits per heavy atom. The Morgan fingerprint density at radius 3 is 1.90 bits per heavy atom. The number of carbonyl (C=O) groups excluding carboxylic acids is 2. The van der Waals surface area contributed by atoms with Crippen LogP contribution >= 0.6 is 0 Å². The summed E-state index contributed by atoms with van der Waals surface area (Å²) in [5.41, 5.74) is -1.33. The van der Waals surface area contributed by atoms with Crippen LogP contribution in [0.25, 0.3) is 0 Å². The summed E-state index contributed by atoms with van der Waals surface area (Å²) in [4.78, 5) is 28.3. The molecule has 0 aromatic rings. The van der Waals surface area contributed by atoms with Gasteiger partial charge in [0.1, 0.15) is 11.2 Å².